The molecule has 0 spiro atoms. The van der Waals surface area contributed by atoms with E-state index in [1.165, 1.54) is 5.56 Å². The highest BCUT2D eigenvalue weighted by atomic mass is 15.3. The maximum Gasteiger partial charge on any atom is 0.146 e. The molecule has 0 aliphatic carbocycles. The molecule has 1 aliphatic rings. The molecule has 7 nitrogen and oxygen atoms in total. The second kappa shape index (κ2) is 8.24. The number of aromatic nitrogens is 5. The topological polar surface area (TPSA) is 55.0 Å². The molecule has 0 amide bonds. The Morgan fingerprint density at radius 3 is 2.46 bits per heavy atom. The zero-order valence-electron chi connectivity index (χ0n) is 17.0. The summed E-state index contributed by atoms with van der Waals surface area (Å²) in [5.74, 6) is 2.69. The Labute approximate surface area is 166 Å². The third-order valence-corrected chi connectivity index (χ3v) is 5.52. The second-order valence-corrected chi connectivity index (χ2v) is 7.94. The molecule has 1 fully saturated rings. The van der Waals surface area contributed by atoms with Gasteiger partial charge in [-0.25, -0.2) is 4.68 Å². The van der Waals surface area contributed by atoms with E-state index in [1.54, 1.807) is 6.20 Å². The van der Waals surface area contributed by atoms with Gasteiger partial charge in [-0.15, -0.1) is 10.2 Å². The van der Waals surface area contributed by atoms with Crippen molar-refractivity contribution < 1.29 is 0 Å². The number of hydrogen-bond donors (Lipinski definition) is 0. The normalized spacial score (nSPS) is 16.1. The maximum absolute atomic E-state index is 4.50. The standard InChI is InChI=1S/C21H29N7/c1-25(2)16-20-23-24-21(26(20)3)18-9-13-27(14-10-18)15-17-5-7-19(8-6-17)28-12-4-11-22-28/h4-8,11-12,18H,9-10,13-16H2,1-3H3. The van der Waals surface area contributed by atoms with Crippen LogP contribution in [0, 0.1) is 0 Å². The Morgan fingerprint density at radius 1 is 1.07 bits per heavy atom. The highest BCUT2D eigenvalue weighted by Crippen LogP contribution is 2.27. The van der Waals surface area contributed by atoms with Crippen LogP contribution in [0.5, 0.6) is 0 Å². The minimum Gasteiger partial charge on any atom is -0.317 e. The van der Waals surface area contributed by atoms with E-state index in [9.17, 15) is 0 Å². The first-order valence-corrected chi connectivity index (χ1v) is 9.94. The molecule has 1 saturated heterocycles. The van der Waals surface area contributed by atoms with Crippen molar-refractivity contribution in [2.45, 2.75) is 31.8 Å². The average Bonchev–Trinajstić information content (AvgIpc) is 3.34. The fraction of sp³-hybridized carbons (Fsp3) is 0.476. The summed E-state index contributed by atoms with van der Waals surface area (Å²) in [4.78, 5) is 4.67. The van der Waals surface area contributed by atoms with Crippen molar-refractivity contribution in [3.63, 3.8) is 0 Å². The molecular weight excluding hydrogens is 350 g/mol. The van der Waals surface area contributed by atoms with Crippen molar-refractivity contribution in [2.75, 3.05) is 27.2 Å². The van der Waals surface area contributed by atoms with Crippen molar-refractivity contribution >= 4 is 0 Å². The summed E-state index contributed by atoms with van der Waals surface area (Å²) in [5.41, 5.74) is 2.45. The van der Waals surface area contributed by atoms with E-state index >= 15 is 0 Å². The lowest BCUT2D eigenvalue weighted by atomic mass is 9.95. The fourth-order valence-corrected chi connectivity index (χ4v) is 3.93. The van der Waals surface area contributed by atoms with Gasteiger partial charge in [0.15, 0.2) is 0 Å². The summed E-state index contributed by atoms with van der Waals surface area (Å²) in [6.07, 6.45) is 6.05. The van der Waals surface area contributed by atoms with Crippen LogP contribution in [-0.2, 0) is 20.1 Å². The van der Waals surface area contributed by atoms with Gasteiger partial charge < -0.3 is 9.47 Å². The van der Waals surface area contributed by atoms with Gasteiger partial charge in [-0.3, -0.25) is 4.90 Å². The Morgan fingerprint density at radius 2 is 1.82 bits per heavy atom. The van der Waals surface area contributed by atoms with Crippen molar-refractivity contribution in [1.82, 2.24) is 34.3 Å². The zero-order valence-corrected chi connectivity index (χ0v) is 17.0. The molecular formula is C21H29N7. The largest absolute Gasteiger partial charge is 0.317 e. The molecule has 0 N–H and O–H groups in total. The first kappa shape index (κ1) is 18.8. The van der Waals surface area contributed by atoms with E-state index in [1.807, 2.05) is 16.9 Å². The lowest BCUT2D eigenvalue weighted by Crippen LogP contribution is -2.33. The zero-order chi connectivity index (χ0) is 19.5. The summed E-state index contributed by atoms with van der Waals surface area (Å²) in [7, 11) is 6.23. The van der Waals surface area contributed by atoms with Crippen LogP contribution in [0.15, 0.2) is 42.7 Å². The van der Waals surface area contributed by atoms with E-state index in [0.29, 0.717) is 5.92 Å². The molecule has 1 aliphatic heterocycles. The molecule has 0 radical (unpaired) electrons. The van der Waals surface area contributed by atoms with Gasteiger partial charge in [0.2, 0.25) is 0 Å². The van der Waals surface area contributed by atoms with Crippen molar-refractivity contribution in [3.05, 3.63) is 59.9 Å². The van der Waals surface area contributed by atoms with Crippen molar-refractivity contribution in [2.24, 2.45) is 7.05 Å². The predicted molar refractivity (Wildman–Crippen MR) is 109 cm³/mol. The van der Waals surface area contributed by atoms with Crippen LogP contribution in [0.4, 0.5) is 0 Å². The van der Waals surface area contributed by atoms with Crippen LogP contribution < -0.4 is 0 Å². The smallest absolute Gasteiger partial charge is 0.146 e. The Bertz CT molecular complexity index is 872. The molecule has 1 aromatic carbocycles. The van der Waals surface area contributed by atoms with E-state index in [4.69, 9.17) is 0 Å². The summed E-state index contributed by atoms with van der Waals surface area (Å²) in [6.45, 7) is 4.02. The molecule has 0 saturated carbocycles. The lowest BCUT2D eigenvalue weighted by Gasteiger charge is -2.31. The summed E-state index contributed by atoms with van der Waals surface area (Å²) in [5, 5.41) is 13.2. The number of benzene rings is 1. The Balaban J connectivity index is 1.33. The molecule has 0 bridgehead atoms. The van der Waals surface area contributed by atoms with Gasteiger partial charge in [0.25, 0.3) is 0 Å². The number of piperidine rings is 1. The summed E-state index contributed by atoms with van der Waals surface area (Å²) in [6, 6.07) is 10.6. The molecule has 0 unspecified atom stereocenters. The first-order valence-electron chi connectivity index (χ1n) is 9.94. The molecule has 4 rings (SSSR count). The molecule has 28 heavy (non-hydrogen) atoms. The first-order chi connectivity index (χ1) is 13.6. The molecule has 0 atom stereocenters. The minimum absolute atomic E-state index is 0.506. The van der Waals surface area contributed by atoms with Gasteiger partial charge in [0, 0.05) is 31.9 Å². The van der Waals surface area contributed by atoms with Crippen molar-refractivity contribution in [1.29, 1.82) is 0 Å². The third kappa shape index (κ3) is 4.15. The van der Waals surface area contributed by atoms with Gasteiger partial charge in [-0.1, -0.05) is 12.1 Å². The van der Waals surface area contributed by atoms with Crippen LogP contribution in [0.1, 0.15) is 36.0 Å². The van der Waals surface area contributed by atoms with Gasteiger partial charge in [-0.05, 0) is 63.8 Å². The van der Waals surface area contributed by atoms with E-state index < -0.39 is 0 Å². The predicted octanol–water partition coefficient (Wildman–Crippen LogP) is 2.44. The van der Waals surface area contributed by atoms with Crippen LogP contribution in [0.25, 0.3) is 5.69 Å². The Kier molecular flexibility index (Phi) is 5.54. The van der Waals surface area contributed by atoms with Gasteiger partial charge in [0.1, 0.15) is 11.6 Å². The molecule has 2 aromatic heterocycles. The van der Waals surface area contributed by atoms with Crippen LogP contribution >= 0.6 is 0 Å². The van der Waals surface area contributed by atoms with E-state index in [0.717, 1.165) is 56.4 Å². The quantitative estimate of drug-likeness (QED) is 0.658. The minimum atomic E-state index is 0.506. The Hall–Kier alpha value is -2.51. The highest BCUT2D eigenvalue weighted by Gasteiger charge is 2.25. The van der Waals surface area contributed by atoms with Crippen LogP contribution in [0.3, 0.4) is 0 Å². The van der Waals surface area contributed by atoms with E-state index in [2.05, 4.69) is 75.1 Å². The van der Waals surface area contributed by atoms with Crippen LogP contribution in [-0.4, -0.2) is 61.5 Å². The number of likely N-dealkylation sites (tertiary alicyclic amines) is 1. The second-order valence-electron chi connectivity index (χ2n) is 7.94. The molecule has 3 aromatic rings. The number of rotatable bonds is 6. The molecule has 3 heterocycles. The van der Waals surface area contributed by atoms with Gasteiger partial charge >= 0.3 is 0 Å². The number of hydrogen-bond acceptors (Lipinski definition) is 5. The maximum atomic E-state index is 4.50. The van der Waals surface area contributed by atoms with Crippen molar-refractivity contribution in [3.8, 4) is 5.69 Å². The third-order valence-electron chi connectivity index (χ3n) is 5.52. The summed E-state index contributed by atoms with van der Waals surface area (Å²) < 4.78 is 4.08. The SMILES string of the molecule is CN(C)Cc1nnc(C2CCN(Cc3ccc(-n4cccn4)cc3)CC2)n1C. The number of nitrogens with zero attached hydrogens (tertiary/aromatic N) is 7. The van der Waals surface area contributed by atoms with E-state index in [-0.39, 0.29) is 0 Å². The van der Waals surface area contributed by atoms with Crippen LogP contribution in [0.2, 0.25) is 0 Å². The molecule has 7 heteroatoms. The summed E-state index contributed by atoms with van der Waals surface area (Å²) >= 11 is 0. The van der Waals surface area contributed by atoms with Gasteiger partial charge in [0.05, 0.1) is 12.2 Å². The fourth-order valence-electron chi connectivity index (χ4n) is 3.93. The average molecular weight is 380 g/mol. The monoisotopic (exact) mass is 379 g/mol. The van der Waals surface area contributed by atoms with Gasteiger partial charge in [-0.2, -0.15) is 5.10 Å². The molecule has 148 valence electrons. The lowest BCUT2D eigenvalue weighted by molar-refractivity contribution is 0.200. The highest BCUT2D eigenvalue weighted by molar-refractivity contribution is 5.33.